The first-order chi connectivity index (χ1) is 15.2. The minimum atomic E-state index is -0.665. The smallest absolute Gasteiger partial charge is 0.410 e. The van der Waals surface area contributed by atoms with Crippen LogP contribution < -0.4 is 0 Å². The van der Waals surface area contributed by atoms with E-state index in [9.17, 15) is 9.59 Å². The molecule has 0 aromatic heterocycles. The van der Waals surface area contributed by atoms with E-state index in [1.165, 1.54) is 19.3 Å². The van der Waals surface area contributed by atoms with E-state index in [4.69, 9.17) is 14.7 Å². The zero-order valence-corrected chi connectivity index (χ0v) is 19.7. The number of carbonyl (C=O) groups excluding carboxylic acids is 2. The first kappa shape index (κ1) is 24.1. The highest BCUT2D eigenvalue weighted by Crippen LogP contribution is 2.38. The van der Waals surface area contributed by atoms with Crippen molar-refractivity contribution in [1.29, 1.82) is 5.26 Å². The quantitative estimate of drug-likeness (QED) is 0.585. The summed E-state index contributed by atoms with van der Waals surface area (Å²) in [6, 6.07) is 9.53. The number of rotatable bonds is 5. The number of likely N-dealkylation sites (tertiary alicyclic amines) is 1. The van der Waals surface area contributed by atoms with Gasteiger partial charge in [-0.05, 0) is 76.5 Å². The lowest BCUT2D eigenvalue weighted by Crippen LogP contribution is -2.49. The van der Waals surface area contributed by atoms with E-state index in [0.29, 0.717) is 50.4 Å². The van der Waals surface area contributed by atoms with Crippen molar-refractivity contribution in [1.82, 2.24) is 4.90 Å². The molecule has 6 nitrogen and oxygen atoms in total. The van der Waals surface area contributed by atoms with Crippen molar-refractivity contribution in [3.63, 3.8) is 0 Å². The van der Waals surface area contributed by atoms with Crippen LogP contribution in [0.5, 0.6) is 0 Å². The Morgan fingerprint density at radius 2 is 1.72 bits per heavy atom. The van der Waals surface area contributed by atoms with E-state index >= 15 is 0 Å². The monoisotopic (exact) mass is 440 g/mol. The van der Waals surface area contributed by atoms with Crippen LogP contribution in [0.15, 0.2) is 24.3 Å². The largest absolute Gasteiger partial charge is 0.465 e. The van der Waals surface area contributed by atoms with E-state index < -0.39 is 11.0 Å². The Morgan fingerprint density at radius 3 is 2.28 bits per heavy atom. The minimum Gasteiger partial charge on any atom is -0.465 e. The maximum atomic E-state index is 13.4. The topological polar surface area (TPSA) is 79.6 Å². The molecule has 1 amide bonds. The summed E-state index contributed by atoms with van der Waals surface area (Å²) < 4.78 is 11.4. The van der Waals surface area contributed by atoms with Gasteiger partial charge in [0.05, 0.1) is 23.7 Å². The van der Waals surface area contributed by atoms with Gasteiger partial charge in [-0.1, -0.05) is 31.4 Å². The normalized spacial score (nSPS) is 19.1. The summed E-state index contributed by atoms with van der Waals surface area (Å²) in [5, 5.41) is 9.07. The Bertz CT molecular complexity index is 821. The highest BCUT2D eigenvalue weighted by atomic mass is 16.6. The lowest BCUT2D eigenvalue weighted by atomic mass is 9.73. The molecule has 2 aliphatic rings. The molecule has 6 heteroatoms. The molecule has 32 heavy (non-hydrogen) atoms. The second kappa shape index (κ2) is 10.4. The molecule has 2 fully saturated rings. The Hall–Kier alpha value is -2.55. The number of amides is 1. The van der Waals surface area contributed by atoms with Gasteiger partial charge < -0.3 is 14.4 Å². The SMILES string of the molecule is CC(C)(C)OC(=O)N1CCC(Cc2ccc(C#N)cc2)(C(=O)OCC2CCCCC2)CC1. The number of nitrogens with zero attached hydrogens (tertiary/aromatic N) is 2. The third kappa shape index (κ3) is 6.48. The zero-order valence-electron chi connectivity index (χ0n) is 19.7. The lowest BCUT2D eigenvalue weighted by Gasteiger charge is -2.40. The molecule has 0 unspecified atom stereocenters. The summed E-state index contributed by atoms with van der Waals surface area (Å²) in [5.41, 5.74) is 0.390. The van der Waals surface area contributed by atoms with Crippen LogP contribution in [0.2, 0.25) is 0 Å². The van der Waals surface area contributed by atoms with E-state index in [1.54, 1.807) is 17.0 Å². The molecule has 3 rings (SSSR count). The Labute approximate surface area is 191 Å². The molecule has 0 radical (unpaired) electrons. The van der Waals surface area contributed by atoms with Gasteiger partial charge >= 0.3 is 12.1 Å². The third-order valence-corrected chi connectivity index (χ3v) is 6.61. The molecule has 0 N–H and O–H groups in total. The highest BCUT2D eigenvalue weighted by molar-refractivity contribution is 5.78. The van der Waals surface area contributed by atoms with Gasteiger partial charge in [-0.15, -0.1) is 0 Å². The second-order valence-electron chi connectivity index (χ2n) is 10.3. The van der Waals surface area contributed by atoms with Crippen molar-refractivity contribution < 1.29 is 19.1 Å². The van der Waals surface area contributed by atoms with Gasteiger partial charge in [0.2, 0.25) is 0 Å². The maximum Gasteiger partial charge on any atom is 0.410 e. The first-order valence-electron chi connectivity index (χ1n) is 11.8. The van der Waals surface area contributed by atoms with Crippen molar-refractivity contribution in [2.45, 2.75) is 77.7 Å². The number of esters is 1. The molecular weight excluding hydrogens is 404 g/mol. The van der Waals surface area contributed by atoms with E-state index in [2.05, 4.69) is 6.07 Å². The summed E-state index contributed by atoms with van der Waals surface area (Å²) in [6.45, 7) is 6.98. The van der Waals surface area contributed by atoms with Crippen molar-refractivity contribution in [2.24, 2.45) is 11.3 Å². The first-order valence-corrected chi connectivity index (χ1v) is 11.8. The molecule has 0 atom stereocenters. The van der Waals surface area contributed by atoms with Crippen molar-refractivity contribution in [3.8, 4) is 6.07 Å². The molecule has 1 aliphatic heterocycles. The van der Waals surface area contributed by atoms with E-state index in [1.807, 2.05) is 32.9 Å². The molecule has 1 aromatic rings. The number of carbonyl (C=O) groups is 2. The molecular formula is C26H36N2O4. The Morgan fingerprint density at radius 1 is 1.09 bits per heavy atom. The van der Waals surface area contributed by atoms with Crippen LogP contribution in [0.1, 0.15) is 76.8 Å². The standard InChI is InChI=1S/C26H36N2O4/c1-25(2,3)32-24(30)28-15-13-26(14-16-28,17-20-9-11-21(18-27)12-10-20)23(29)31-19-22-7-5-4-6-8-22/h9-12,22H,4-8,13-17,19H2,1-3H3. The van der Waals surface area contributed by atoms with Gasteiger partial charge in [0.1, 0.15) is 5.60 Å². The number of piperidine rings is 1. The maximum absolute atomic E-state index is 13.4. The second-order valence-corrected chi connectivity index (χ2v) is 10.3. The van der Waals surface area contributed by atoms with E-state index in [0.717, 1.165) is 18.4 Å². The Balaban J connectivity index is 1.70. The predicted octanol–water partition coefficient (Wildman–Crippen LogP) is 5.24. The average Bonchev–Trinajstić information content (AvgIpc) is 2.78. The predicted molar refractivity (Wildman–Crippen MR) is 122 cm³/mol. The number of nitriles is 1. The summed E-state index contributed by atoms with van der Waals surface area (Å²) in [4.78, 5) is 27.6. The summed E-state index contributed by atoms with van der Waals surface area (Å²) >= 11 is 0. The number of benzene rings is 1. The van der Waals surface area contributed by atoms with Gasteiger partial charge in [0.25, 0.3) is 0 Å². The number of hydrogen-bond donors (Lipinski definition) is 0. The summed E-state index contributed by atoms with van der Waals surface area (Å²) in [5.74, 6) is 0.304. The molecule has 1 heterocycles. The molecule has 1 aromatic carbocycles. The fourth-order valence-electron chi connectivity index (χ4n) is 4.69. The molecule has 0 bridgehead atoms. The van der Waals surface area contributed by atoms with Crippen LogP contribution in [0, 0.1) is 22.7 Å². The van der Waals surface area contributed by atoms with Gasteiger partial charge in [-0.25, -0.2) is 4.79 Å². The van der Waals surface area contributed by atoms with Gasteiger partial charge in [-0.3, -0.25) is 4.79 Å². The van der Waals surface area contributed by atoms with Crippen LogP contribution in [-0.2, 0) is 20.7 Å². The van der Waals surface area contributed by atoms with Crippen LogP contribution in [0.4, 0.5) is 4.79 Å². The number of ether oxygens (including phenoxy) is 2. The fourth-order valence-corrected chi connectivity index (χ4v) is 4.69. The number of hydrogen-bond acceptors (Lipinski definition) is 5. The average molecular weight is 441 g/mol. The van der Waals surface area contributed by atoms with Gasteiger partial charge in [-0.2, -0.15) is 5.26 Å². The van der Waals surface area contributed by atoms with Crippen LogP contribution in [0.25, 0.3) is 0 Å². The molecule has 0 spiro atoms. The van der Waals surface area contributed by atoms with Crippen molar-refractivity contribution in [3.05, 3.63) is 35.4 Å². The van der Waals surface area contributed by atoms with Crippen LogP contribution in [0.3, 0.4) is 0 Å². The van der Waals surface area contributed by atoms with Crippen LogP contribution in [-0.4, -0.2) is 42.3 Å². The summed E-state index contributed by atoms with van der Waals surface area (Å²) in [6.07, 6.45) is 7.24. The van der Waals surface area contributed by atoms with Crippen molar-refractivity contribution in [2.75, 3.05) is 19.7 Å². The molecule has 1 saturated heterocycles. The minimum absolute atomic E-state index is 0.156. The van der Waals surface area contributed by atoms with Crippen LogP contribution >= 0.6 is 0 Å². The van der Waals surface area contributed by atoms with E-state index in [-0.39, 0.29) is 12.1 Å². The molecule has 1 saturated carbocycles. The highest BCUT2D eigenvalue weighted by Gasteiger charge is 2.44. The third-order valence-electron chi connectivity index (χ3n) is 6.61. The van der Waals surface area contributed by atoms with Gasteiger partial charge in [0.15, 0.2) is 0 Å². The lowest BCUT2D eigenvalue weighted by molar-refractivity contribution is -0.161. The van der Waals surface area contributed by atoms with Gasteiger partial charge in [0, 0.05) is 13.1 Å². The van der Waals surface area contributed by atoms with Crippen molar-refractivity contribution >= 4 is 12.1 Å². The zero-order chi connectivity index (χ0) is 23.2. The molecule has 1 aliphatic carbocycles. The summed E-state index contributed by atoms with van der Waals surface area (Å²) in [7, 11) is 0. The Kier molecular flexibility index (Phi) is 7.82. The molecule has 174 valence electrons. The fraction of sp³-hybridized carbons (Fsp3) is 0.654.